The third-order valence-electron chi connectivity index (χ3n) is 2.41. The standard InChI is InChI=1S/C10H14N4O2S2/c1-7-13-9(8-3-5-17-10(8)14-7)12-4-6-18(15,16)11-2/h3,5,11H,4,6H2,1-2H3,(H,12,13,14). The number of hydrogen-bond donors (Lipinski definition) is 2. The van der Waals surface area contributed by atoms with Crippen molar-refractivity contribution in [3.63, 3.8) is 0 Å². The highest BCUT2D eigenvalue weighted by atomic mass is 32.2. The van der Waals surface area contributed by atoms with Crippen LogP contribution in [-0.2, 0) is 10.0 Å². The fourth-order valence-electron chi connectivity index (χ4n) is 1.50. The topological polar surface area (TPSA) is 84.0 Å². The molecular formula is C10H14N4O2S2. The van der Waals surface area contributed by atoms with E-state index < -0.39 is 10.0 Å². The molecule has 98 valence electrons. The van der Waals surface area contributed by atoms with E-state index in [0.717, 1.165) is 10.2 Å². The van der Waals surface area contributed by atoms with Crippen LogP contribution in [0.2, 0.25) is 0 Å². The van der Waals surface area contributed by atoms with Crippen molar-refractivity contribution in [2.24, 2.45) is 0 Å². The molecular weight excluding hydrogens is 272 g/mol. The predicted molar refractivity (Wildman–Crippen MR) is 73.5 cm³/mol. The van der Waals surface area contributed by atoms with Crippen LogP contribution in [0.1, 0.15) is 5.82 Å². The molecule has 8 heteroatoms. The van der Waals surface area contributed by atoms with E-state index in [4.69, 9.17) is 0 Å². The molecule has 0 saturated carbocycles. The molecule has 2 N–H and O–H groups in total. The molecule has 2 rings (SSSR count). The average Bonchev–Trinajstić information content (AvgIpc) is 2.76. The maximum atomic E-state index is 11.3. The number of hydrogen-bond acceptors (Lipinski definition) is 6. The molecule has 0 aromatic carbocycles. The van der Waals surface area contributed by atoms with Crippen LogP contribution in [0.4, 0.5) is 5.82 Å². The minimum absolute atomic E-state index is 0.0121. The molecule has 0 radical (unpaired) electrons. The second-order valence-corrected chi connectivity index (χ2v) is 6.65. The minimum atomic E-state index is -3.19. The second kappa shape index (κ2) is 5.17. The molecule has 2 aromatic rings. The van der Waals surface area contributed by atoms with Gasteiger partial charge in [0, 0.05) is 6.54 Å². The van der Waals surface area contributed by atoms with Crippen molar-refractivity contribution in [3.8, 4) is 0 Å². The first-order chi connectivity index (χ1) is 8.52. The first-order valence-electron chi connectivity index (χ1n) is 5.39. The Balaban J connectivity index is 2.14. The molecule has 18 heavy (non-hydrogen) atoms. The number of sulfonamides is 1. The van der Waals surface area contributed by atoms with Gasteiger partial charge in [0.2, 0.25) is 10.0 Å². The highest BCUT2D eigenvalue weighted by molar-refractivity contribution is 7.89. The van der Waals surface area contributed by atoms with Crippen LogP contribution >= 0.6 is 11.3 Å². The van der Waals surface area contributed by atoms with Gasteiger partial charge in [0.05, 0.1) is 11.1 Å². The lowest BCUT2D eigenvalue weighted by Crippen LogP contribution is -2.26. The van der Waals surface area contributed by atoms with Crippen molar-refractivity contribution in [2.75, 3.05) is 24.7 Å². The van der Waals surface area contributed by atoms with Gasteiger partial charge in [-0.15, -0.1) is 11.3 Å². The first-order valence-corrected chi connectivity index (χ1v) is 7.92. The van der Waals surface area contributed by atoms with Gasteiger partial charge in [-0.1, -0.05) is 0 Å². The van der Waals surface area contributed by atoms with Gasteiger partial charge in [-0.2, -0.15) is 0 Å². The van der Waals surface area contributed by atoms with Gasteiger partial charge in [0.25, 0.3) is 0 Å². The number of anilines is 1. The molecule has 0 fully saturated rings. The van der Waals surface area contributed by atoms with Crippen molar-refractivity contribution in [1.29, 1.82) is 0 Å². The van der Waals surface area contributed by atoms with Gasteiger partial charge in [0.1, 0.15) is 16.5 Å². The highest BCUT2D eigenvalue weighted by Crippen LogP contribution is 2.24. The SMILES string of the molecule is CNS(=O)(=O)CCNc1nc(C)nc2sccc12. The number of nitrogens with one attached hydrogen (secondary N) is 2. The molecule has 0 aliphatic carbocycles. The largest absolute Gasteiger partial charge is 0.368 e. The minimum Gasteiger partial charge on any atom is -0.368 e. The summed E-state index contributed by atoms with van der Waals surface area (Å²) in [7, 11) is -1.79. The van der Waals surface area contributed by atoms with Crippen LogP contribution in [0.3, 0.4) is 0 Å². The van der Waals surface area contributed by atoms with Crippen molar-refractivity contribution in [2.45, 2.75) is 6.92 Å². The summed E-state index contributed by atoms with van der Waals surface area (Å²) in [6.45, 7) is 2.12. The number of fused-ring (bicyclic) bond motifs is 1. The molecule has 0 aliphatic heterocycles. The summed E-state index contributed by atoms with van der Waals surface area (Å²) in [6.07, 6.45) is 0. The molecule has 6 nitrogen and oxygen atoms in total. The van der Waals surface area contributed by atoms with Crippen molar-refractivity contribution in [3.05, 3.63) is 17.3 Å². The van der Waals surface area contributed by atoms with E-state index in [0.29, 0.717) is 18.2 Å². The molecule has 0 bridgehead atoms. The van der Waals surface area contributed by atoms with E-state index in [1.165, 1.54) is 18.4 Å². The summed E-state index contributed by atoms with van der Waals surface area (Å²) in [4.78, 5) is 9.50. The van der Waals surface area contributed by atoms with Gasteiger partial charge in [-0.25, -0.2) is 23.1 Å². The fourth-order valence-corrected chi connectivity index (χ4v) is 2.89. The molecule has 2 aromatic heterocycles. The van der Waals surface area contributed by atoms with Gasteiger partial charge >= 0.3 is 0 Å². The van der Waals surface area contributed by atoms with Crippen LogP contribution in [0.15, 0.2) is 11.4 Å². The summed E-state index contributed by atoms with van der Waals surface area (Å²) < 4.78 is 24.8. The average molecular weight is 286 g/mol. The van der Waals surface area contributed by atoms with E-state index in [2.05, 4.69) is 20.0 Å². The van der Waals surface area contributed by atoms with Crippen molar-refractivity contribution in [1.82, 2.24) is 14.7 Å². The number of aryl methyl sites for hydroxylation is 1. The molecule has 0 saturated heterocycles. The van der Waals surface area contributed by atoms with Gasteiger partial charge < -0.3 is 5.32 Å². The third kappa shape index (κ3) is 2.95. The smallest absolute Gasteiger partial charge is 0.213 e. The third-order valence-corrected chi connectivity index (χ3v) is 4.58. The molecule has 0 unspecified atom stereocenters. The van der Waals surface area contributed by atoms with Crippen molar-refractivity contribution >= 4 is 37.4 Å². The Morgan fingerprint density at radius 2 is 2.17 bits per heavy atom. The quantitative estimate of drug-likeness (QED) is 0.855. The van der Waals surface area contributed by atoms with Crippen LogP contribution < -0.4 is 10.0 Å². The van der Waals surface area contributed by atoms with Crippen molar-refractivity contribution < 1.29 is 8.42 Å². The van der Waals surface area contributed by atoms with E-state index in [1.807, 2.05) is 18.4 Å². The zero-order valence-corrected chi connectivity index (χ0v) is 11.7. The highest BCUT2D eigenvalue weighted by Gasteiger charge is 2.09. The normalized spacial score (nSPS) is 11.9. The molecule has 0 atom stereocenters. The molecule has 2 heterocycles. The maximum absolute atomic E-state index is 11.3. The van der Waals surface area contributed by atoms with Gasteiger partial charge in [0.15, 0.2) is 0 Å². The Labute approximate surface area is 110 Å². The van der Waals surface area contributed by atoms with E-state index in [-0.39, 0.29) is 5.75 Å². The lowest BCUT2D eigenvalue weighted by molar-refractivity contribution is 0.588. The summed E-state index contributed by atoms with van der Waals surface area (Å²) in [5, 5.41) is 5.90. The maximum Gasteiger partial charge on any atom is 0.213 e. The van der Waals surface area contributed by atoms with Crippen LogP contribution in [-0.4, -0.2) is 37.7 Å². The number of thiophene rings is 1. The summed E-state index contributed by atoms with van der Waals surface area (Å²) in [5.74, 6) is 1.37. The number of rotatable bonds is 5. The second-order valence-electron chi connectivity index (χ2n) is 3.71. The Morgan fingerprint density at radius 1 is 1.39 bits per heavy atom. The Bertz CT molecular complexity index is 651. The van der Waals surface area contributed by atoms with Gasteiger partial charge in [-0.3, -0.25) is 0 Å². The summed E-state index contributed by atoms with van der Waals surface area (Å²) in [6, 6.07) is 1.92. The van der Waals surface area contributed by atoms with Crippen LogP contribution in [0, 0.1) is 6.92 Å². The molecule has 0 spiro atoms. The lowest BCUT2D eigenvalue weighted by Gasteiger charge is -2.07. The zero-order valence-electron chi connectivity index (χ0n) is 10.1. The van der Waals surface area contributed by atoms with E-state index in [9.17, 15) is 8.42 Å². The Hall–Kier alpha value is -1.25. The van der Waals surface area contributed by atoms with E-state index in [1.54, 1.807) is 0 Å². The number of nitrogens with zero attached hydrogens (tertiary/aromatic N) is 2. The van der Waals surface area contributed by atoms with E-state index >= 15 is 0 Å². The Morgan fingerprint density at radius 3 is 2.89 bits per heavy atom. The molecule has 0 amide bonds. The lowest BCUT2D eigenvalue weighted by atomic mass is 10.3. The Kier molecular flexibility index (Phi) is 3.79. The van der Waals surface area contributed by atoms with Gasteiger partial charge in [-0.05, 0) is 25.4 Å². The fraction of sp³-hybridized carbons (Fsp3) is 0.400. The monoisotopic (exact) mass is 286 g/mol. The summed E-state index contributed by atoms with van der Waals surface area (Å²) >= 11 is 1.54. The van der Waals surface area contributed by atoms with Crippen LogP contribution in [0.5, 0.6) is 0 Å². The number of aromatic nitrogens is 2. The zero-order chi connectivity index (χ0) is 13.2. The summed E-state index contributed by atoms with van der Waals surface area (Å²) in [5.41, 5.74) is 0. The first kappa shape index (κ1) is 13.2. The molecule has 0 aliphatic rings. The predicted octanol–water partition coefficient (Wildman–Crippen LogP) is 0.961. The van der Waals surface area contributed by atoms with Crippen LogP contribution in [0.25, 0.3) is 10.2 Å².